The van der Waals surface area contributed by atoms with E-state index >= 15 is 0 Å². The average molecular weight is 364 g/mol. The molecule has 0 saturated heterocycles. The van der Waals surface area contributed by atoms with Crippen molar-refractivity contribution in [1.29, 1.82) is 0 Å². The summed E-state index contributed by atoms with van der Waals surface area (Å²) in [6.07, 6.45) is 2.88. The molecule has 1 rings (SSSR count). The van der Waals surface area contributed by atoms with Gasteiger partial charge >= 0.3 is 11.9 Å². The van der Waals surface area contributed by atoms with Crippen molar-refractivity contribution in [3.63, 3.8) is 0 Å². The Morgan fingerprint density at radius 2 is 1.67 bits per heavy atom. The molecule has 0 heterocycles. The van der Waals surface area contributed by atoms with Crippen LogP contribution in [0.1, 0.15) is 52.9 Å². The third kappa shape index (κ3) is 7.61. The Morgan fingerprint density at radius 3 is 2.08 bits per heavy atom. The Balaban J connectivity index is 2.67. The molecule has 8 heteroatoms. The molecule has 1 atom stereocenters. The van der Waals surface area contributed by atoms with Crippen molar-refractivity contribution in [2.45, 2.75) is 64.6 Å². The van der Waals surface area contributed by atoms with Gasteiger partial charge in [-0.25, -0.2) is 0 Å². The van der Waals surface area contributed by atoms with Crippen molar-refractivity contribution in [2.24, 2.45) is 11.8 Å². The van der Waals surface area contributed by atoms with Crippen LogP contribution in [0.4, 0.5) is 0 Å². The lowest BCUT2D eigenvalue weighted by molar-refractivity contribution is -0.162. The number of ether oxygens (including phenoxy) is 2. The van der Waals surface area contributed by atoms with Crippen LogP contribution in [-0.2, 0) is 33.4 Å². The van der Waals surface area contributed by atoms with Crippen molar-refractivity contribution >= 4 is 22.1 Å². The summed E-state index contributed by atoms with van der Waals surface area (Å²) in [6, 6.07) is 0. The average Bonchev–Trinajstić information content (AvgIpc) is 2.41. The second-order valence-corrected chi connectivity index (χ2v) is 8.86. The van der Waals surface area contributed by atoms with Crippen molar-refractivity contribution in [2.75, 3.05) is 13.4 Å². The summed E-state index contributed by atoms with van der Waals surface area (Å²) >= 11 is 0. The maximum Gasteiger partial charge on any atom is 0.309 e. The molecule has 1 fully saturated rings. The van der Waals surface area contributed by atoms with E-state index in [1.165, 1.54) is 7.11 Å². The topological polar surface area (TPSA) is 96.0 Å². The van der Waals surface area contributed by atoms with Crippen molar-refractivity contribution < 1.29 is 31.7 Å². The third-order valence-electron chi connectivity index (χ3n) is 3.91. The van der Waals surface area contributed by atoms with Gasteiger partial charge in [0, 0.05) is 0 Å². The largest absolute Gasteiger partial charge is 0.469 e. The zero-order valence-corrected chi connectivity index (χ0v) is 15.9. The third-order valence-corrected chi connectivity index (χ3v) is 4.53. The molecule has 0 bridgehead atoms. The lowest BCUT2D eigenvalue weighted by Crippen LogP contribution is -2.34. The van der Waals surface area contributed by atoms with E-state index in [9.17, 15) is 18.0 Å². The van der Waals surface area contributed by atoms with E-state index in [2.05, 4.69) is 0 Å². The fourth-order valence-electron chi connectivity index (χ4n) is 2.99. The summed E-state index contributed by atoms with van der Waals surface area (Å²) in [5.74, 6) is -1.51. The maximum absolute atomic E-state index is 12.1. The first kappa shape index (κ1) is 20.9. The molecule has 0 aliphatic heterocycles. The van der Waals surface area contributed by atoms with Gasteiger partial charge in [0.25, 0.3) is 10.1 Å². The molecule has 0 aromatic heterocycles. The van der Waals surface area contributed by atoms with Crippen LogP contribution in [0.15, 0.2) is 0 Å². The van der Waals surface area contributed by atoms with Gasteiger partial charge in [-0.3, -0.25) is 13.8 Å². The summed E-state index contributed by atoms with van der Waals surface area (Å²) in [5.41, 5.74) is -0.612. The Labute approximate surface area is 144 Å². The first-order valence-electron chi connectivity index (χ1n) is 8.09. The van der Waals surface area contributed by atoms with Crippen LogP contribution >= 0.6 is 0 Å². The molecule has 24 heavy (non-hydrogen) atoms. The highest BCUT2D eigenvalue weighted by Gasteiger charge is 2.36. The first-order valence-corrected chi connectivity index (χ1v) is 9.91. The number of methoxy groups -OCH3 is 1. The zero-order valence-electron chi connectivity index (χ0n) is 15.0. The smallest absolute Gasteiger partial charge is 0.309 e. The second-order valence-electron chi connectivity index (χ2n) is 7.26. The van der Waals surface area contributed by atoms with Gasteiger partial charge in [0.2, 0.25) is 0 Å². The highest BCUT2D eigenvalue weighted by molar-refractivity contribution is 7.86. The Hall–Kier alpha value is -1.15. The van der Waals surface area contributed by atoms with Gasteiger partial charge < -0.3 is 9.47 Å². The Kier molecular flexibility index (Phi) is 7.22. The van der Waals surface area contributed by atoms with E-state index in [1.54, 1.807) is 20.8 Å². The molecular weight excluding hydrogens is 336 g/mol. The lowest BCUT2D eigenvalue weighted by Gasteiger charge is -2.32. The minimum atomic E-state index is -3.49. The predicted molar refractivity (Wildman–Crippen MR) is 87.6 cm³/mol. The van der Waals surface area contributed by atoms with E-state index in [0.29, 0.717) is 25.7 Å². The Morgan fingerprint density at radius 1 is 1.12 bits per heavy atom. The molecule has 1 aliphatic rings. The number of hydrogen-bond donors (Lipinski definition) is 0. The molecule has 0 amide bonds. The van der Waals surface area contributed by atoms with Crippen LogP contribution in [0.3, 0.4) is 0 Å². The van der Waals surface area contributed by atoms with Crippen LogP contribution in [-0.4, -0.2) is 45.4 Å². The van der Waals surface area contributed by atoms with Crippen LogP contribution in [0.5, 0.6) is 0 Å². The van der Waals surface area contributed by atoms with Crippen LogP contribution in [0.25, 0.3) is 0 Å². The molecule has 0 spiro atoms. The summed E-state index contributed by atoms with van der Waals surface area (Å²) in [6.45, 7) is 5.31. The number of esters is 2. The predicted octanol–water partition coefficient (Wildman–Crippen LogP) is 2.04. The molecule has 0 radical (unpaired) electrons. The normalized spacial score (nSPS) is 23.4. The van der Waals surface area contributed by atoms with Gasteiger partial charge in [0.15, 0.2) is 0 Å². The fraction of sp³-hybridized carbons (Fsp3) is 0.875. The number of rotatable bonds is 6. The first-order chi connectivity index (χ1) is 10.9. The summed E-state index contributed by atoms with van der Waals surface area (Å²) in [5, 5.41) is 0. The minimum absolute atomic E-state index is 0.0355. The molecule has 7 nitrogen and oxygen atoms in total. The molecule has 0 N–H and O–H groups in total. The van der Waals surface area contributed by atoms with Crippen LogP contribution in [0.2, 0.25) is 0 Å². The molecule has 1 saturated carbocycles. The summed E-state index contributed by atoms with van der Waals surface area (Å²) < 4.78 is 37.5. The monoisotopic (exact) mass is 364 g/mol. The molecule has 0 aromatic carbocycles. The standard InChI is InChI=1S/C16H28O7S/c1-16(2,3)22-14(17)10-13(15(18)21-4)11-6-8-12(9-7-11)23-24(5,19)20/h11-13H,6-10H2,1-5H3/t11?,12?,13-/m1/s1. The highest BCUT2D eigenvalue weighted by atomic mass is 32.2. The van der Waals surface area contributed by atoms with Gasteiger partial charge in [0.05, 0.1) is 31.8 Å². The van der Waals surface area contributed by atoms with E-state index in [4.69, 9.17) is 13.7 Å². The van der Waals surface area contributed by atoms with Crippen LogP contribution < -0.4 is 0 Å². The SMILES string of the molecule is COC(=O)[C@H](CC(=O)OC(C)(C)C)C1CCC(OS(C)(=O)=O)CC1. The number of hydrogen-bond acceptors (Lipinski definition) is 7. The van der Waals surface area contributed by atoms with Gasteiger partial charge in [-0.2, -0.15) is 8.42 Å². The van der Waals surface area contributed by atoms with E-state index < -0.39 is 33.6 Å². The van der Waals surface area contributed by atoms with Crippen molar-refractivity contribution in [1.82, 2.24) is 0 Å². The number of carbonyl (C=O) groups is 2. The molecular formula is C16H28O7S. The second kappa shape index (κ2) is 8.29. The van der Waals surface area contributed by atoms with Crippen LogP contribution in [0, 0.1) is 11.8 Å². The molecule has 0 unspecified atom stereocenters. The van der Waals surface area contributed by atoms with Gasteiger partial charge in [-0.05, 0) is 52.4 Å². The van der Waals surface area contributed by atoms with E-state index in [0.717, 1.165) is 6.26 Å². The van der Waals surface area contributed by atoms with E-state index in [-0.39, 0.29) is 18.4 Å². The lowest BCUT2D eigenvalue weighted by atomic mass is 9.77. The number of carbonyl (C=O) groups excluding carboxylic acids is 2. The highest BCUT2D eigenvalue weighted by Crippen LogP contribution is 2.34. The fourth-order valence-corrected chi connectivity index (χ4v) is 3.68. The summed E-state index contributed by atoms with van der Waals surface area (Å²) in [7, 11) is -2.19. The minimum Gasteiger partial charge on any atom is -0.469 e. The van der Waals surface area contributed by atoms with Crippen molar-refractivity contribution in [3.05, 3.63) is 0 Å². The molecule has 140 valence electrons. The molecule has 1 aliphatic carbocycles. The zero-order chi connectivity index (χ0) is 18.5. The van der Waals surface area contributed by atoms with Crippen molar-refractivity contribution in [3.8, 4) is 0 Å². The van der Waals surface area contributed by atoms with Gasteiger partial charge in [-0.15, -0.1) is 0 Å². The summed E-state index contributed by atoms with van der Waals surface area (Å²) in [4.78, 5) is 24.1. The van der Waals surface area contributed by atoms with E-state index in [1.807, 2.05) is 0 Å². The quantitative estimate of drug-likeness (QED) is 0.525. The maximum atomic E-state index is 12.1. The Bertz CT molecular complexity index is 539. The van der Waals surface area contributed by atoms with Gasteiger partial charge in [-0.1, -0.05) is 0 Å². The molecule has 0 aromatic rings. The van der Waals surface area contributed by atoms with Gasteiger partial charge in [0.1, 0.15) is 5.60 Å².